The van der Waals surface area contributed by atoms with E-state index in [4.69, 9.17) is 11.6 Å². The number of aromatic nitrogens is 2. The predicted octanol–water partition coefficient (Wildman–Crippen LogP) is 4.69. The number of hydrogen-bond acceptors (Lipinski definition) is 1. The van der Waals surface area contributed by atoms with E-state index in [1.54, 1.807) is 6.07 Å². The molecule has 2 aromatic rings. The van der Waals surface area contributed by atoms with Crippen LogP contribution in [0.25, 0.3) is 11.0 Å². The number of aryl methyl sites for hydroxylation is 2. The number of rotatable bonds is 6. The van der Waals surface area contributed by atoms with Crippen molar-refractivity contribution < 1.29 is 17.6 Å². The molecule has 0 N–H and O–H groups in total. The summed E-state index contributed by atoms with van der Waals surface area (Å²) < 4.78 is 51.4. The molecular weight excluding hydrogens is 308 g/mol. The summed E-state index contributed by atoms with van der Waals surface area (Å²) >= 11 is 5.71. The molecule has 0 aliphatic carbocycles. The van der Waals surface area contributed by atoms with Gasteiger partial charge in [0.2, 0.25) is 0 Å². The maximum absolute atomic E-state index is 13.2. The van der Waals surface area contributed by atoms with Crippen LogP contribution < -0.4 is 0 Å². The van der Waals surface area contributed by atoms with Crippen LogP contribution in [0.2, 0.25) is 0 Å². The number of halogens is 5. The summed E-state index contributed by atoms with van der Waals surface area (Å²) in [5.41, 5.74) is 1.23. The SMILES string of the molecule is Fc1ccc2c(c1)nc(CCCl)n2CCCCC(F)(F)F. The second kappa shape index (κ2) is 6.64. The lowest BCUT2D eigenvalue weighted by Crippen LogP contribution is -2.09. The number of benzene rings is 1. The van der Waals surface area contributed by atoms with E-state index in [1.807, 2.05) is 4.57 Å². The lowest BCUT2D eigenvalue weighted by atomic mass is 10.2. The van der Waals surface area contributed by atoms with Crippen molar-refractivity contribution in [3.63, 3.8) is 0 Å². The molecule has 0 aliphatic heterocycles. The maximum atomic E-state index is 13.2. The van der Waals surface area contributed by atoms with Crippen LogP contribution in [0.1, 0.15) is 25.1 Å². The van der Waals surface area contributed by atoms with Gasteiger partial charge in [0, 0.05) is 31.3 Å². The lowest BCUT2D eigenvalue weighted by molar-refractivity contribution is -0.135. The quantitative estimate of drug-likeness (QED) is 0.428. The first kappa shape index (κ1) is 16.1. The minimum absolute atomic E-state index is 0.0602. The summed E-state index contributed by atoms with van der Waals surface area (Å²) in [6.07, 6.45) is -3.97. The number of alkyl halides is 4. The minimum atomic E-state index is -4.13. The molecule has 0 aliphatic rings. The van der Waals surface area contributed by atoms with E-state index >= 15 is 0 Å². The standard InChI is InChI=1S/C14H15ClF4N2/c15-7-5-13-20-11-9-10(16)3-4-12(11)21(13)8-2-1-6-14(17,18)19/h3-4,9H,1-2,5-8H2. The molecule has 2 nitrogen and oxygen atoms in total. The molecule has 21 heavy (non-hydrogen) atoms. The first-order chi connectivity index (χ1) is 9.90. The van der Waals surface area contributed by atoms with Crippen LogP contribution in [0, 0.1) is 5.82 Å². The fraction of sp³-hybridized carbons (Fsp3) is 0.500. The Balaban J connectivity index is 2.14. The van der Waals surface area contributed by atoms with E-state index < -0.39 is 12.6 Å². The molecule has 0 atom stereocenters. The van der Waals surface area contributed by atoms with Crippen molar-refractivity contribution in [2.24, 2.45) is 0 Å². The molecule has 0 bridgehead atoms. The molecule has 0 saturated carbocycles. The Morgan fingerprint density at radius 2 is 1.95 bits per heavy atom. The fourth-order valence-electron chi connectivity index (χ4n) is 2.27. The summed E-state index contributed by atoms with van der Waals surface area (Å²) in [6.45, 7) is 0.421. The number of fused-ring (bicyclic) bond motifs is 1. The molecule has 116 valence electrons. The highest BCUT2D eigenvalue weighted by Gasteiger charge is 2.25. The monoisotopic (exact) mass is 322 g/mol. The van der Waals surface area contributed by atoms with Gasteiger partial charge in [0.05, 0.1) is 11.0 Å². The van der Waals surface area contributed by atoms with Gasteiger partial charge in [-0.15, -0.1) is 11.6 Å². The fourth-order valence-corrected chi connectivity index (χ4v) is 2.44. The Kier molecular flexibility index (Phi) is 5.08. The molecule has 1 aromatic heterocycles. The summed E-state index contributed by atoms with van der Waals surface area (Å²) in [4.78, 5) is 4.31. The molecule has 0 spiro atoms. The Morgan fingerprint density at radius 1 is 1.19 bits per heavy atom. The third kappa shape index (κ3) is 4.33. The molecule has 0 radical (unpaired) electrons. The zero-order valence-electron chi connectivity index (χ0n) is 11.3. The van der Waals surface area contributed by atoms with Crippen LogP contribution in [0.15, 0.2) is 18.2 Å². The third-order valence-corrected chi connectivity index (χ3v) is 3.39. The summed E-state index contributed by atoms with van der Waals surface area (Å²) in [5, 5.41) is 0. The number of hydrogen-bond donors (Lipinski definition) is 0. The summed E-state index contributed by atoms with van der Waals surface area (Å²) in [7, 11) is 0. The van der Waals surface area contributed by atoms with E-state index in [9.17, 15) is 17.6 Å². The van der Waals surface area contributed by atoms with Gasteiger partial charge < -0.3 is 4.57 Å². The van der Waals surface area contributed by atoms with Gasteiger partial charge in [-0.2, -0.15) is 13.2 Å². The van der Waals surface area contributed by atoms with Crippen LogP contribution >= 0.6 is 11.6 Å². The third-order valence-electron chi connectivity index (χ3n) is 3.20. The van der Waals surface area contributed by atoms with Gasteiger partial charge in [-0.05, 0) is 25.0 Å². The summed E-state index contributed by atoms with van der Waals surface area (Å²) in [5.74, 6) is 0.646. The van der Waals surface area contributed by atoms with Crippen molar-refractivity contribution in [3.8, 4) is 0 Å². The maximum Gasteiger partial charge on any atom is 0.389 e. The van der Waals surface area contributed by atoms with Gasteiger partial charge in [0.1, 0.15) is 11.6 Å². The van der Waals surface area contributed by atoms with Crippen LogP contribution in [0.4, 0.5) is 17.6 Å². The van der Waals surface area contributed by atoms with Crippen molar-refractivity contribution in [1.82, 2.24) is 9.55 Å². The highest BCUT2D eigenvalue weighted by atomic mass is 35.5. The molecule has 2 rings (SSSR count). The van der Waals surface area contributed by atoms with Crippen LogP contribution in [0.3, 0.4) is 0 Å². The highest BCUT2D eigenvalue weighted by molar-refractivity contribution is 6.17. The normalized spacial score (nSPS) is 12.2. The Morgan fingerprint density at radius 3 is 2.62 bits per heavy atom. The average Bonchev–Trinajstić information content (AvgIpc) is 2.71. The molecule has 0 unspecified atom stereocenters. The molecule has 1 aromatic carbocycles. The largest absolute Gasteiger partial charge is 0.389 e. The van der Waals surface area contributed by atoms with E-state index in [0.29, 0.717) is 36.6 Å². The van der Waals surface area contributed by atoms with Crippen LogP contribution in [-0.2, 0) is 13.0 Å². The van der Waals surface area contributed by atoms with Crippen molar-refractivity contribution in [3.05, 3.63) is 29.8 Å². The van der Waals surface area contributed by atoms with E-state index in [0.717, 1.165) is 5.52 Å². The summed E-state index contributed by atoms with van der Waals surface area (Å²) in [6, 6.07) is 4.24. The van der Waals surface area contributed by atoms with E-state index in [-0.39, 0.29) is 12.2 Å². The smallest absolute Gasteiger partial charge is 0.328 e. The second-order valence-corrected chi connectivity index (χ2v) is 5.20. The van der Waals surface area contributed by atoms with Gasteiger partial charge in [-0.1, -0.05) is 0 Å². The van der Waals surface area contributed by atoms with Crippen molar-refractivity contribution >= 4 is 22.6 Å². The Hall–Kier alpha value is -1.30. The molecular formula is C14H15ClF4N2. The Bertz CT molecular complexity index is 607. The predicted molar refractivity (Wildman–Crippen MR) is 74.0 cm³/mol. The molecule has 0 fully saturated rings. The highest BCUT2D eigenvalue weighted by Crippen LogP contribution is 2.24. The Labute approximate surface area is 124 Å². The first-order valence-electron chi connectivity index (χ1n) is 6.68. The van der Waals surface area contributed by atoms with Crippen molar-refractivity contribution in [1.29, 1.82) is 0 Å². The van der Waals surface area contributed by atoms with Gasteiger partial charge >= 0.3 is 6.18 Å². The van der Waals surface area contributed by atoms with E-state index in [1.165, 1.54) is 12.1 Å². The molecule has 7 heteroatoms. The zero-order chi connectivity index (χ0) is 15.5. The molecule has 0 amide bonds. The van der Waals surface area contributed by atoms with Crippen LogP contribution in [0.5, 0.6) is 0 Å². The van der Waals surface area contributed by atoms with Crippen molar-refractivity contribution in [2.75, 3.05) is 5.88 Å². The number of nitrogens with zero attached hydrogens (tertiary/aromatic N) is 2. The zero-order valence-corrected chi connectivity index (χ0v) is 12.0. The number of unbranched alkanes of at least 4 members (excludes halogenated alkanes) is 1. The second-order valence-electron chi connectivity index (χ2n) is 4.82. The molecule has 0 saturated heterocycles. The van der Waals surface area contributed by atoms with Gasteiger partial charge in [0.15, 0.2) is 0 Å². The lowest BCUT2D eigenvalue weighted by Gasteiger charge is -2.09. The average molecular weight is 323 g/mol. The number of imidazole rings is 1. The van der Waals surface area contributed by atoms with Gasteiger partial charge in [-0.25, -0.2) is 9.37 Å². The first-order valence-corrected chi connectivity index (χ1v) is 7.21. The van der Waals surface area contributed by atoms with Crippen molar-refractivity contribution in [2.45, 2.75) is 38.4 Å². The van der Waals surface area contributed by atoms with Crippen LogP contribution in [-0.4, -0.2) is 21.6 Å². The molecule has 1 heterocycles. The minimum Gasteiger partial charge on any atom is -0.328 e. The van der Waals surface area contributed by atoms with Gasteiger partial charge in [-0.3, -0.25) is 0 Å². The van der Waals surface area contributed by atoms with E-state index in [2.05, 4.69) is 4.98 Å². The van der Waals surface area contributed by atoms with Gasteiger partial charge in [0.25, 0.3) is 0 Å². The topological polar surface area (TPSA) is 17.8 Å².